The van der Waals surface area contributed by atoms with E-state index in [1.165, 1.54) is 42.7 Å². The van der Waals surface area contributed by atoms with E-state index >= 15 is 0 Å². The molecule has 1 aliphatic rings. The third kappa shape index (κ3) is 2.05. The van der Waals surface area contributed by atoms with E-state index in [1.807, 2.05) is 23.9 Å². The summed E-state index contributed by atoms with van der Waals surface area (Å²) < 4.78 is 13.2. The number of aryl methyl sites for hydroxylation is 1. The summed E-state index contributed by atoms with van der Waals surface area (Å²) in [6.45, 7) is 0. The molecule has 0 amide bonds. The van der Waals surface area contributed by atoms with Gasteiger partial charge in [0.2, 0.25) is 11.0 Å². The summed E-state index contributed by atoms with van der Waals surface area (Å²) in [4.78, 5) is 2.57. The molecule has 0 radical (unpaired) electrons. The Balaban J connectivity index is 1.94. The molecular weight excluding hydrogens is 342 g/mol. The molecule has 0 saturated carbocycles. The van der Waals surface area contributed by atoms with E-state index in [2.05, 4.69) is 54.1 Å². The second kappa shape index (κ2) is 5.64. The summed E-state index contributed by atoms with van der Waals surface area (Å²) in [6, 6.07) is 19.2. The summed E-state index contributed by atoms with van der Waals surface area (Å²) in [6.07, 6.45) is 0. The Kier molecular flexibility index (Phi) is 3.37. The molecule has 3 nitrogen and oxygen atoms in total. The first-order chi connectivity index (χ1) is 12.7. The van der Waals surface area contributed by atoms with Crippen molar-refractivity contribution in [2.45, 2.75) is 9.79 Å². The Morgan fingerprint density at radius 2 is 1.58 bits per heavy atom. The van der Waals surface area contributed by atoms with Gasteiger partial charge >= 0.3 is 0 Å². The summed E-state index contributed by atoms with van der Waals surface area (Å²) >= 11 is 1.84. The number of hydrogen-bond donors (Lipinski definition) is 0. The van der Waals surface area contributed by atoms with E-state index in [4.69, 9.17) is 9.47 Å². The quantitative estimate of drug-likeness (QED) is 0.328. The van der Waals surface area contributed by atoms with Crippen LogP contribution in [0.2, 0.25) is 0 Å². The van der Waals surface area contributed by atoms with Gasteiger partial charge in [0, 0.05) is 21.4 Å². The van der Waals surface area contributed by atoms with Crippen LogP contribution in [0.1, 0.15) is 0 Å². The average Bonchev–Trinajstić information content (AvgIpc) is 2.70. The van der Waals surface area contributed by atoms with Crippen LogP contribution in [0.3, 0.4) is 0 Å². The van der Waals surface area contributed by atoms with Crippen molar-refractivity contribution in [1.29, 1.82) is 0 Å². The molecule has 0 aliphatic carbocycles. The molecule has 26 heavy (non-hydrogen) atoms. The topological polar surface area (TPSA) is 22.3 Å². The number of rotatable bonds is 2. The van der Waals surface area contributed by atoms with Crippen LogP contribution in [0.25, 0.3) is 32.9 Å². The highest BCUT2D eigenvalue weighted by Crippen LogP contribution is 2.50. The number of methoxy groups -OCH3 is 2. The van der Waals surface area contributed by atoms with E-state index in [1.54, 1.807) is 14.2 Å². The highest BCUT2D eigenvalue weighted by atomic mass is 32.2. The summed E-state index contributed by atoms with van der Waals surface area (Å²) in [5.41, 5.74) is 4.89. The van der Waals surface area contributed by atoms with Crippen LogP contribution in [0.15, 0.2) is 64.4 Å². The Morgan fingerprint density at radius 1 is 0.808 bits per heavy atom. The van der Waals surface area contributed by atoms with Crippen molar-refractivity contribution in [1.82, 2.24) is 0 Å². The molecule has 4 aromatic rings. The molecule has 4 heteroatoms. The van der Waals surface area contributed by atoms with E-state index < -0.39 is 0 Å². The minimum Gasteiger partial charge on any atom is -0.497 e. The van der Waals surface area contributed by atoms with Gasteiger partial charge in [-0.25, -0.2) is 0 Å². The van der Waals surface area contributed by atoms with Gasteiger partial charge in [0.25, 0.3) is 0 Å². The second-order valence-electron chi connectivity index (χ2n) is 6.44. The minimum absolute atomic E-state index is 0.877. The van der Waals surface area contributed by atoms with Crippen molar-refractivity contribution in [3.05, 3.63) is 54.6 Å². The number of fused-ring (bicyclic) bond motifs is 4. The Labute approximate surface area is 156 Å². The first-order valence-corrected chi connectivity index (χ1v) is 9.31. The van der Waals surface area contributed by atoms with Gasteiger partial charge in [0.1, 0.15) is 18.5 Å². The van der Waals surface area contributed by atoms with Gasteiger partial charge in [-0.3, -0.25) is 0 Å². The molecule has 1 aromatic heterocycles. The number of hydrogen-bond acceptors (Lipinski definition) is 3. The second-order valence-corrected chi connectivity index (χ2v) is 7.49. The van der Waals surface area contributed by atoms with Crippen molar-refractivity contribution >= 4 is 33.6 Å². The molecule has 0 spiro atoms. The first kappa shape index (κ1) is 15.5. The molecule has 5 rings (SSSR count). The fourth-order valence-corrected chi connectivity index (χ4v) is 5.04. The Morgan fingerprint density at radius 3 is 2.38 bits per heavy atom. The van der Waals surface area contributed by atoms with Crippen molar-refractivity contribution in [3.8, 4) is 22.6 Å². The van der Waals surface area contributed by atoms with Crippen LogP contribution in [0.5, 0.6) is 11.5 Å². The van der Waals surface area contributed by atoms with Crippen LogP contribution in [-0.4, -0.2) is 14.2 Å². The van der Waals surface area contributed by atoms with Gasteiger partial charge in [0.15, 0.2) is 0 Å². The van der Waals surface area contributed by atoms with Gasteiger partial charge in [-0.2, -0.15) is 4.57 Å². The third-order valence-electron chi connectivity index (χ3n) is 5.13. The van der Waals surface area contributed by atoms with E-state index in [9.17, 15) is 0 Å². The van der Waals surface area contributed by atoms with Crippen LogP contribution < -0.4 is 14.0 Å². The predicted octanol–water partition coefficient (Wildman–Crippen LogP) is 4.97. The lowest BCUT2D eigenvalue weighted by Gasteiger charge is -2.21. The molecule has 0 bridgehead atoms. The smallest absolute Gasteiger partial charge is 0.217 e. The molecule has 0 fully saturated rings. The third-order valence-corrected chi connectivity index (χ3v) is 6.33. The maximum atomic E-state index is 5.46. The lowest BCUT2D eigenvalue weighted by Crippen LogP contribution is -2.30. The lowest BCUT2D eigenvalue weighted by molar-refractivity contribution is -0.617. The van der Waals surface area contributed by atoms with Crippen LogP contribution >= 0.6 is 11.8 Å². The maximum Gasteiger partial charge on any atom is 0.217 e. The summed E-state index contributed by atoms with van der Waals surface area (Å²) in [5.74, 6) is 1.77. The first-order valence-electron chi connectivity index (χ1n) is 8.50. The molecule has 3 aromatic carbocycles. The van der Waals surface area contributed by atoms with E-state index in [0.29, 0.717) is 0 Å². The SMILES string of the molecule is COc1ccc2c(c1)-c1cccc3c1c(c1ccc(OC)cc1[n+]3C)S2. The fourth-order valence-electron chi connectivity index (χ4n) is 3.81. The van der Waals surface area contributed by atoms with Gasteiger partial charge < -0.3 is 9.47 Å². The largest absolute Gasteiger partial charge is 0.497 e. The molecular formula is C22H18NO2S+. The number of ether oxygens (including phenoxy) is 2. The molecule has 0 saturated heterocycles. The molecule has 128 valence electrons. The van der Waals surface area contributed by atoms with Gasteiger partial charge in [-0.15, -0.1) is 0 Å². The van der Waals surface area contributed by atoms with E-state index in [-0.39, 0.29) is 0 Å². The molecule has 2 heterocycles. The molecule has 0 N–H and O–H groups in total. The molecule has 1 aliphatic heterocycles. The fraction of sp³-hybridized carbons (Fsp3) is 0.136. The van der Waals surface area contributed by atoms with Gasteiger partial charge in [0.05, 0.1) is 31.1 Å². The van der Waals surface area contributed by atoms with Gasteiger partial charge in [-0.05, 0) is 35.9 Å². The molecule has 0 atom stereocenters. The maximum absolute atomic E-state index is 5.46. The zero-order chi connectivity index (χ0) is 17.8. The lowest BCUT2D eigenvalue weighted by atomic mass is 9.98. The van der Waals surface area contributed by atoms with Crippen molar-refractivity contribution in [3.63, 3.8) is 0 Å². The Bertz CT molecular complexity index is 1200. The van der Waals surface area contributed by atoms with Crippen LogP contribution in [0, 0.1) is 0 Å². The number of pyridine rings is 1. The van der Waals surface area contributed by atoms with Crippen LogP contribution in [-0.2, 0) is 7.05 Å². The van der Waals surface area contributed by atoms with Crippen LogP contribution in [0.4, 0.5) is 0 Å². The molecule has 0 unspecified atom stereocenters. The monoisotopic (exact) mass is 360 g/mol. The average molecular weight is 360 g/mol. The number of benzene rings is 3. The summed E-state index contributed by atoms with van der Waals surface area (Å²) in [5, 5.41) is 2.55. The van der Waals surface area contributed by atoms with E-state index in [0.717, 1.165) is 11.5 Å². The van der Waals surface area contributed by atoms with Crippen molar-refractivity contribution < 1.29 is 14.0 Å². The predicted molar refractivity (Wildman–Crippen MR) is 105 cm³/mol. The highest BCUT2D eigenvalue weighted by molar-refractivity contribution is 8.00. The number of aromatic nitrogens is 1. The zero-order valence-corrected chi connectivity index (χ0v) is 15.7. The van der Waals surface area contributed by atoms with Gasteiger partial charge in [-0.1, -0.05) is 23.9 Å². The zero-order valence-electron chi connectivity index (χ0n) is 14.9. The minimum atomic E-state index is 0.877. The van der Waals surface area contributed by atoms with Crippen molar-refractivity contribution in [2.24, 2.45) is 7.05 Å². The highest BCUT2D eigenvalue weighted by Gasteiger charge is 2.27. The van der Waals surface area contributed by atoms with Crippen molar-refractivity contribution in [2.75, 3.05) is 14.2 Å². The standard InChI is InChI=1S/C22H18NO2S/c1-23-18-6-4-5-15-17-11-13(24-2)8-10-20(17)26-22(21(15)18)16-9-7-14(25-3)12-19(16)23/h4-12H,1-3H3/q+1. The number of nitrogens with zero attached hydrogens (tertiary/aromatic N) is 1. The summed E-state index contributed by atoms with van der Waals surface area (Å²) in [7, 11) is 5.55. The Hall–Kier alpha value is -2.72. The normalized spacial score (nSPS) is 12.3.